The first-order chi connectivity index (χ1) is 10.6. The molecule has 3 nitrogen and oxygen atoms in total. The number of carbonyl (C=O) groups is 1. The molecule has 0 bridgehead atoms. The number of nitrogens with one attached hydrogen (secondary N) is 1. The van der Waals surface area contributed by atoms with Crippen LogP contribution in [0.4, 0.5) is 0 Å². The zero-order valence-corrected chi connectivity index (χ0v) is 14.0. The van der Waals surface area contributed by atoms with Crippen LogP contribution in [0.25, 0.3) is 0 Å². The summed E-state index contributed by atoms with van der Waals surface area (Å²) in [6.07, 6.45) is 1.10. The number of amides is 1. The Morgan fingerprint density at radius 3 is 2.82 bits per heavy atom. The summed E-state index contributed by atoms with van der Waals surface area (Å²) in [6.45, 7) is 6.90. The zero-order valence-electron chi connectivity index (χ0n) is 13.1. The molecule has 1 aliphatic rings. The van der Waals surface area contributed by atoms with Crippen molar-refractivity contribution in [3.63, 3.8) is 0 Å². The van der Waals surface area contributed by atoms with Crippen molar-refractivity contribution in [3.05, 3.63) is 57.3 Å². The van der Waals surface area contributed by atoms with Crippen LogP contribution >= 0.6 is 11.3 Å². The van der Waals surface area contributed by atoms with E-state index in [0.717, 1.165) is 30.0 Å². The van der Waals surface area contributed by atoms with Crippen molar-refractivity contribution in [2.45, 2.75) is 32.9 Å². The highest BCUT2D eigenvalue weighted by Gasteiger charge is 2.21. The monoisotopic (exact) mass is 314 g/mol. The van der Waals surface area contributed by atoms with Gasteiger partial charge >= 0.3 is 0 Å². The molecule has 1 unspecified atom stereocenters. The number of benzene rings is 1. The summed E-state index contributed by atoms with van der Waals surface area (Å²) in [5, 5.41) is 5.04. The van der Waals surface area contributed by atoms with Crippen molar-refractivity contribution >= 4 is 17.2 Å². The maximum atomic E-state index is 12.2. The molecule has 1 aromatic carbocycles. The molecule has 0 saturated carbocycles. The van der Waals surface area contributed by atoms with Crippen LogP contribution in [0, 0.1) is 6.92 Å². The number of thiophene rings is 1. The van der Waals surface area contributed by atoms with E-state index in [0.29, 0.717) is 12.6 Å². The third-order valence-corrected chi connectivity index (χ3v) is 5.43. The van der Waals surface area contributed by atoms with E-state index in [-0.39, 0.29) is 5.91 Å². The van der Waals surface area contributed by atoms with Gasteiger partial charge in [0.25, 0.3) is 5.91 Å². The molecule has 4 heteroatoms. The van der Waals surface area contributed by atoms with Gasteiger partial charge in [0.05, 0.1) is 4.88 Å². The SMILES string of the molecule is Cc1ccsc1C(=O)NCC(C)N1CCc2ccccc2C1. The second kappa shape index (κ2) is 6.63. The lowest BCUT2D eigenvalue weighted by molar-refractivity contribution is 0.0936. The number of fused-ring (bicyclic) bond motifs is 1. The smallest absolute Gasteiger partial charge is 0.261 e. The molecular formula is C18H22N2OS. The van der Waals surface area contributed by atoms with Crippen LogP contribution in [0.1, 0.15) is 33.3 Å². The van der Waals surface area contributed by atoms with Crippen molar-refractivity contribution in [2.24, 2.45) is 0 Å². The molecule has 3 rings (SSSR count). The zero-order chi connectivity index (χ0) is 15.5. The molecule has 0 aliphatic carbocycles. The van der Waals surface area contributed by atoms with Crippen molar-refractivity contribution in [1.82, 2.24) is 10.2 Å². The molecule has 1 amide bonds. The Hall–Kier alpha value is -1.65. The fourth-order valence-corrected chi connectivity index (χ4v) is 3.79. The summed E-state index contributed by atoms with van der Waals surface area (Å²) in [7, 11) is 0. The van der Waals surface area contributed by atoms with Gasteiger partial charge in [-0.3, -0.25) is 9.69 Å². The summed E-state index contributed by atoms with van der Waals surface area (Å²) in [5.74, 6) is 0.0526. The second-order valence-electron chi connectivity index (χ2n) is 5.98. The summed E-state index contributed by atoms with van der Waals surface area (Å²) in [4.78, 5) is 15.5. The van der Waals surface area contributed by atoms with E-state index in [9.17, 15) is 4.79 Å². The summed E-state index contributed by atoms with van der Waals surface area (Å²) >= 11 is 1.51. The van der Waals surface area contributed by atoms with Gasteiger partial charge in [-0.05, 0) is 48.4 Å². The predicted octanol–water partition coefficient (Wildman–Crippen LogP) is 3.23. The Balaban J connectivity index is 1.56. The number of hydrogen-bond acceptors (Lipinski definition) is 3. The van der Waals surface area contributed by atoms with Crippen molar-refractivity contribution in [3.8, 4) is 0 Å². The van der Waals surface area contributed by atoms with E-state index in [1.807, 2.05) is 18.4 Å². The molecule has 1 N–H and O–H groups in total. The fraction of sp³-hybridized carbons (Fsp3) is 0.389. The first-order valence-corrected chi connectivity index (χ1v) is 8.66. The number of hydrogen-bond donors (Lipinski definition) is 1. The van der Waals surface area contributed by atoms with Crippen molar-refractivity contribution in [1.29, 1.82) is 0 Å². The summed E-state index contributed by atoms with van der Waals surface area (Å²) < 4.78 is 0. The van der Waals surface area contributed by atoms with E-state index in [1.165, 1.54) is 22.5 Å². The Bertz CT molecular complexity index is 665. The van der Waals surface area contributed by atoms with Gasteiger partial charge in [-0.1, -0.05) is 24.3 Å². The minimum atomic E-state index is 0.0526. The molecule has 2 heterocycles. The van der Waals surface area contributed by atoms with Crippen molar-refractivity contribution < 1.29 is 4.79 Å². The average Bonchev–Trinajstić information content (AvgIpc) is 2.98. The number of aryl methyl sites for hydroxylation is 1. The Labute approximate surface area is 136 Å². The van der Waals surface area contributed by atoms with E-state index < -0.39 is 0 Å². The van der Waals surface area contributed by atoms with Crippen LogP contribution in [-0.4, -0.2) is 29.9 Å². The third-order valence-electron chi connectivity index (χ3n) is 4.41. The van der Waals surface area contributed by atoms with Crippen LogP contribution in [-0.2, 0) is 13.0 Å². The maximum Gasteiger partial charge on any atom is 0.261 e. The molecule has 0 radical (unpaired) electrons. The highest BCUT2D eigenvalue weighted by molar-refractivity contribution is 7.12. The van der Waals surface area contributed by atoms with E-state index in [2.05, 4.69) is 41.4 Å². The standard InChI is InChI=1S/C18H22N2OS/c1-13-8-10-22-17(13)18(21)19-11-14(2)20-9-7-15-5-3-4-6-16(15)12-20/h3-6,8,10,14H,7,9,11-12H2,1-2H3,(H,19,21). The van der Waals surface area contributed by atoms with Crippen LogP contribution in [0.5, 0.6) is 0 Å². The number of rotatable bonds is 4. The van der Waals surface area contributed by atoms with Crippen molar-refractivity contribution in [2.75, 3.05) is 13.1 Å². The Morgan fingerprint density at radius 2 is 2.09 bits per heavy atom. The van der Waals surface area contributed by atoms with Crippen LogP contribution < -0.4 is 5.32 Å². The number of nitrogens with zero attached hydrogens (tertiary/aromatic N) is 1. The highest BCUT2D eigenvalue weighted by atomic mass is 32.1. The summed E-state index contributed by atoms with van der Waals surface area (Å²) in [6, 6.07) is 11.0. The minimum absolute atomic E-state index is 0.0526. The number of carbonyl (C=O) groups excluding carboxylic acids is 1. The van der Waals surface area contributed by atoms with Gasteiger partial charge in [-0.15, -0.1) is 11.3 Å². The van der Waals surface area contributed by atoms with Gasteiger partial charge in [0.2, 0.25) is 0 Å². The topological polar surface area (TPSA) is 32.3 Å². The van der Waals surface area contributed by atoms with Crippen LogP contribution in [0.2, 0.25) is 0 Å². The molecule has 116 valence electrons. The quantitative estimate of drug-likeness (QED) is 0.939. The first-order valence-electron chi connectivity index (χ1n) is 7.78. The van der Waals surface area contributed by atoms with E-state index in [1.54, 1.807) is 0 Å². The highest BCUT2D eigenvalue weighted by Crippen LogP contribution is 2.20. The Kier molecular flexibility index (Phi) is 4.60. The van der Waals surface area contributed by atoms with Gasteiger partial charge in [0.1, 0.15) is 0 Å². The third kappa shape index (κ3) is 3.23. The Morgan fingerprint density at radius 1 is 1.32 bits per heavy atom. The molecular weight excluding hydrogens is 292 g/mol. The molecule has 1 aliphatic heterocycles. The fourth-order valence-electron chi connectivity index (χ4n) is 2.95. The molecule has 1 atom stereocenters. The van der Waals surface area contributed by atoms with E-state index >= 15 is 0 Å². The molecule has 0 saturated heterocycles. The average molecular weight is 314 g/mol. The van der Waals surface area contributed by atoms with Crippen LogP contribution in [0.15, 0.2) is 35.7 Å². The van der Waals surface area contributed by atoms with Gasteiger partial charge in [-0.25, -0.2) is 0 Å². The largest absolute Gasteiger partial charge is 0.350 e. The lowest BCUT2D eigenvalue weighted by atomic mass is 9.99. The normalized spacial score (nSPS) is 16.1. The predicted molar refractivity (Wildman–Crippen MR) is 91.4 cm³/mol. The molecule has 0 spiro atoms. The minimum Gasteiger partial charge on any atom is -0.350 e. The molecule has 2 aromatic rings. The lowest BCUT2D eigenvalue weighted by Gasteiger charge is -2.33. The molecule has 1 aromatic heterocycles. The first kappa shape index (κ1) is 15.3. The van der Waals surface area contributed by atoms with Crippen LogP contribution in [0.3, 0.4) is 0 Å². The summed E-state index contributed by atoms with van der Waals surface area (Å²) in [5.41, 5.74) is 3.94. The maximum absolute atomic E-state index is 12.2. The second-order valence-corrected chi connectivity index (χ2v) is 6.90. The van der Waals surface area contributed by atoms with Gasteiger partial charge < -0.3 is 5.32 Å². The lowest BCUT2D eigenvalue weighted by Crippen LogP contribution is -2.44. The molecule has 0 fully saturated rings. The van der Waals surface area contributed by atoms with Gasteiger partial charge in [0, 0.05) is 25.7 Å². The van der Waals surface area contributed by atoms with Gasteiger partial charge in [-0.2, -0.15) is 0 Å². The van der Waals surface area contributed by atoms with E-state index in [4.69, 9.17) is 0 Å². The molecule has 22 heavy (non-hydrogen) atoms. The van der Waals surface area contributed by atoms with Gasteiger partial charge in [0.15, 0.2) is 0 Å².